The molecule has 1 aliphatic rings. The van der Waals surface area contributed by atoms with Crippen LogP contribution in [-0.4, -0.2) is 6.61 Å². The number of halogens is 1. The van der Waals surface area contributed by atoms with Gasteiger partial charge in [-0.05, 0) is 34.7 Å². The predicted octanol–water partition coefficient (Wildman–Crippen LogP) is 1.68. The van der Waals surface area contributed by atoms with Crippen molar-refractivity contribution in [2.75, 3.05) is 6.61 Å². The molecule has 1 heterocycles. The van der Waals surface area contributed by atoms with Crippen molar-refractivity contribution in [3.63, 3.8) is 0 Å². The molecular weight excluding hydrogens is 253 g/mol. The Morgan fingerprint density at radius 2 is 2.36 bits per heavy atom. The Bertz CT molecular complexity index is 287. The smallest absolute Gasteiger partial charge is 0.125 e. The van der Waals surface area contributed by atoms with E-state index in [2.05, 4.69) is 22.6 Å². The fourth-order valence-corrected chi connectivity index (χ4v) is 1.67. The SMILES string of the molecule is NC1COc2cc(I)ccc21. The maximum atomic E-state index is 5.77. The molecule has 0 aliphatic carbocycles. The lowest BCUT2D eigenvalue weighted by atomic mass is 10.1. The normalized spacial score (nSPS) is 21.1. The molecule has 0 saturated carbocycles. The molecule has 1 unspecified atom stereocenters. The Morgan fingerprint density at radius 3 is 3.18 bits per heavy atom. The number of nitrogens with two attached hydrogens (primary N) is 1. The van der Waals surface area contributed by atoms with Gasteiger partial charge in [0.1, 0.15) is 12.4 Å². The van der Waals surface area contributed by atoms with E-state index in [-0.39, 0.29) is 6.04 Å². The fraction of sp³-hybridized carbons (Fsp3) is 0.250. The Morgan fingerprint density at radius 1 is 1.55 bits per heavy atom. The highest BCUT2D eigenvalue weighted by atomic mass is 127. The van der Waals surface area contributed by atoms with Crippen LogP contribution in [0.25, 0.3) is 0 Å². The van der Waals surface area contributed by atoms with E-state index in [0.29, 0.717) is 6.61 Å². The minimum Gasteiger partial charge on any atom is -0.491 e. The summed E-state index contributed by atoms with van der Waals surface area (Å²) in [5.74, 6) is 0.949. The number of rotatable bonds is 0. The topological polar surface area (TPSA) is 35.2 Å². The van der Waals surface area contributed by atoms with Crippen molar-refractivity contribution in [1.29, 1.82) is 0 Å². The average molecular weight is 261 g/mol. The minimum absolute atomic E-state index is 0.0713. The van der Waals surface area contributed by atoms with Gasteiger partial charge in [0.25, 0.3) is 0 Å². The standard InChI is InChI=1S/C8H8INO/c9-5-1-2-6-7(10)4-11-8(6)3-5/h1-3,7H,4,10H2. The molecule has 0 bridgehead atoms. The monoisotopic (exact) mass is 261 g/mol. The predicted molar refractivity (Wildman–Crippen MR) is 51.6 cm³/mol. The average Bonchev–Trinajstić information content (AvgIpc) is 2.32. The summed E-state index contributed by atoms with van der Waals surface area (Å²) in [6.45, 7) is 0.620. The van der Waals surface area contributed by atoms with Gasteiger partial charge in [-0.25, -0.2) is 0 Å². The van der Waals surface area contributed by atoms with E-state index in [1.807, 2.05) is 18.2 Å². The van der Waals surface area contributed by atoms with Crippen LogP contribution in [0.3, 0.4) is 0 Å². The highest BCUT2D eigenvalue weighted by molar-refractivity contribution is 14.1. The van der Waals surface area contributed by atoms with E-state index >= 15 is 0 Å². The van der Waals surface area contributed by atoms with E-state index < -0.39 is 0 Å². The second-order valence-corrected chi connectivity index (χ2v) is 3.85. The van der Waals surface area contributed by atoms with Crippen LogP contribution in [0.1, 0.15) is 11.6 Å². The zero-order chi connectivity index (χ0) is 7.84. The van der Waals surface area contributed by atoms with Crippen LogP contribution < -0.4 is 10.5 Å². The van der Waals surface area contributed by atoms with Gasteiger partial charge in [0.2, 0.25) is 0 Å². The van der Waals surface area contributed by atoms with Crippen LogP contribution in [0.5, 0.6) is 5.75 Å². The number of fused-ring (bicyclic) bond motifs is 1. The molecule has 1 atom stereocenters. The summed E-state index contributed by atoms with van der Waals surface area (Å²) in [7, 11) is 0. The van der Waals surface area contributed by atoms with Gasteiger partial charge in [-0.1, -0.05) is 6.07 Å². The number of ether oxygens (including phenoxy) is 1. The van der Waals surface area contributed by atoms with Crippen LogP contribution in [0.2, 0.25) is 0 Å². The molecule has 0 fully saturated rings. The molecule has 1 aliphatic heterocycles. The zero-order valence-corrected chi connectivity index (χ0v) is 8.04. The largest absolute Gasteiger partial charge is 0.491 e. The van der Waals surface area contributed by atoms with Gasteiger partial charge in [-0.15, -0.1) is 0 Å². The number of hydrogen-bond acceptors (Lipinski definition) is 2. The van der Waals surface area contributed by atoms with E-state index in [1.165, 1.54) is 3.57 Å². The van der Waals surface area contributed by atoms with Crippen molar-refractivity contribution in [3.8, 4) is 5.75 Å². The van der Waals surface area contributed by atoms with Gasteiger partial charge >= 0.3 is 0 Å². The van der Waals surface area contributed by atoms with Crippen molar-refractivity contribution in [1.82, 2.24) is 0 Å². The maximum Gasteiger partial charge on any atom is 0.125 e. The molecular formula is C8H8INO. The third kappa shape index (κ3) is 1.22. The molecule has 0 amide bonds. The molecule has 58 valence electrons. The van der Waals surface area contributed by atoms with E-state index in [4.69, 9.17) is 10.5 Å². The lowest BCUT2D eigenvalue weighted by Crippen LogP contribution is -2.10. The first-order valence-corrected chi connectivity index (χ1v) is 4.53. The molecule has 2 rings (SSSR count). The van der Waals surface area contributed by atoms with Crippen molar-refractivity contribution < 1.29 is 4.74 Å². The summed E-state index contributed by atoms with van der Waals surface area (Å²) >= 11 is 2.26. The van der Waals surface area contributed by atoms with Crippen LogP contribution >= 0.6 is 22.6 Å². The maximum absolute atomic E-state index is 5.77. The third-order valence-corrected chi connectivity index (χ3v) is 2.46. The highest BCUT2D eigenvalue weighted by Crippen LogP contribution is 2.31. The summed E-state index contributed by atoms with van der Waals surface area (Å²) in [6.07, 6.45) is 0. The van der Waals surface area contributed by atoms with Crippen molar-refractivity contribution in [2.24, 2.45) is 5.73 Å². The summed E-state index contributed by atoms with van der Waals surface area (Å²) < 4.78 is 6.55. The molecule has 2 nitrogen and oxygen atoms in total. The second-order valence-electron chi connectivity index (χ2n) is 2.60. The molecule has 1 aromatic carbocycles. The van der Waals surface area contributed by atoms with E-state index in [1.54, 1.807) is 0 Å². The van der Waals surface area contributed by atoms with E-state index in [0.717, 1.165) is 11.3 Å². The van der Waals surface area contributed by atoms with Crippen LogP contribution in [0.15, 0.2) is 18.2 Å². The quantitative estimate of drug-likeness (QED) is 0.721. The third-order valence-electron chi connectivity index (χ3n) is 1.79. The van der Waals surface area contributed by atoms with Crippen molar-refractivity contribution in [3.05, 3.63) is 27.3 Å². The van der Waals surface area contributed by atoms with Gasteiger partial charge in [-0.2, -0.15) is 0 Å². The first-order chi connectivity index (χ1) is 5.27. The molecule has 0 radical (unpaired) electrons. The number of benzene rings is 1. The fourth-order valence-electron chi connectivity index (χ4n) is 1.21. The highest BCUT2D eigenvalue weighted by Gasteiger charge is 2.19. The summed E-state index contributed by atoms with van der Waals surface area (Å²) in [5, 5.41) is 0. The van der Waals surface area contributed by atoms with Crippen molar-refractivity contribution in [2.45, 2.75) is 6.04 Å². The molecule has 0 aromatic heterocycles. The Labute approximate surface area is 78.9 Å². The molecule has 0 saturated heterocycles. The first-order valence-electron chi connectivity index (χ1n) is 3.45. The molecule has 3 heteroatoms. The summed E-state index contributed by atoms with van der Waals surface area (Å²) in [4.78, 5) is 0. The Kier molecular flexibility index (Phi) is 1.77. The van der Waals surface area contributed by atoms with Gasteiger partial charge in [-0.3, -0.25) is 0 Å². The van der Waals surface area contributed by atoms with E-state index in [9.17, 15) is 0 Å². The second kappa shape index (κ2) is 2.64. The minimum atomic E-state index is 0.0713. The zero-order valence-electron chi connectivity index (χ0n) is 5.88. The Hall–Kier alpha value is -0.290. The molecule has 2 N–H and O–H groups in total. The van der Waals surface area contributed by atoms with Gasteiger partial charge in [0.05, 0.1) is 6.04 Å². The lowest BCUT2D eigenvalue weighted by Gasteiger charge is -1.99. The molecule has 1 aromatic rings. The summed E-state index contributed by atoms with van der Waals surface area (Å²) in [6, 6.07) is 6.17. The van der Waals surface area contributed by atoms with Gasteiger partial charge in [0, 0.05) is 9.13 Å². The lowest BCUT2D eigenvalue weighted by molar-refractivity contribution is 0.333. The number of hydrogen-bond donors (Lipinski definition) is 1. The first kappa shape index (κ1) is 7.36. The van der Waals surface area contributed by atoms with Crippen LogP contribution in [-0.2, 0) is 0 Å². The van der Waals surface area contributed by atoms with Gasteiger partial charge < -0.3 is 10.5 Å². The Balaban J connectivity index is 2.50. The molecule has 11 heavy (non-hydrogen) atoms. The van der Waals surface area contributed by atoms with Crippen molar-refractivity contribution >= 4 is 22.6 Å². The van der Waals surface area contributed by atoms with Crippen LogP contribution in [0, 0.1) is 3.57 Å². The molecule has 0 spiro atoms. The van der Waals surface area contributed by atoms with Crippen LogP contribution in [0.4, 0.5) is 0 Å². The van der Waals surface area contributed by atoms with Gasteiger partial charge in [0.15, 0.2) is 0 Å². The summed E-state index contributed by atoms with van der Waals surface area (Å²) in [5.41, 5.74) is 6.90.